The fourth-order valence-corrected chi connectivity index (χ4v) is 4.65. The van der Waals surface area contributed by atoms with Gasteiger partial charge in [-0.25, -0.2) is 4.68 Å². The van der Waals surface area contributed by atoms with Gasteiger partial charge in [0.05, 0.1) is 31.5 Å². The van der Waals surface area contributed by atoms with Crippen LogP contribution < -0.4 is 4.74 Å². The normalized spacial score (nSPS) is 23.6. The first-order valence-electron chi connectivity index (χ1n) is 15.0. The SMILES string of the molecule is C/C(CCC(=O)OC[C@H]1O[C@H](C#Cc2ccccc2)C=C[C@@H]1Oc1ccc(C)cc1)=N\O[C@H](C)c1cn([C@@H]2COC[C@H]2O)nn1. The van der Waals surface area contributed by atoms with E-state index in [1.807, 2.05) is 73.7 Å². The van der Waals surface area contributed by atoms with Crippen LogP contribution in [-0.4, -0.2) is 76.0 Å². The van der Waals surface area contributed by atoms with E-state index in [-0.39, 0.29) is 25.7 Å². The van der Waals surface area contributed by atoms with Gasteiger partial charge in [-0.05, 0) is 63.6 Å². The third-order valence-corrected chi connectivity index (χ3v) is 7.36. The molecule has 0 bridgehead atoms. The number of aliphatic hydroxyl groups is 1. The molecule has 2 aromatic carbocycles. The minimum absolute atomic E-state index is 0.00331. The van der Waals surface area contributed by atoms with E-state index in [1.54, 1.807) is 24.7 Å². The van der Waals surface area contributed by atoms with Crippen molar-refractivity contribution < 1.29 is 33.7 Å². The molecule has 6 atom stereocenters. The lowest BCUT2D eigenvalue weighted by Gasteiger charge is -2.30. The second kappa shape index (κ2) is 15.5. The van der Waals surface area contributed by atoms with Crippen molar-refractivity contribution in [3.05, 3.63) is 89.8 Å². The first kappa shape index (κ1) is 31.9. The van der Waals surface area contributed by atoms with E-state index in [0.29, 0.717) is 30.2 Å². The molecule has 0 amide bonds. The minimum atomic E-state index is -0.627. The van der Waals surface area contributed by atoms with Crippen LogP contribution in [0.5, 0.6) is 5.75 Å². The van der Waals surface area contributed by atoms with Gasteiger partial charge >= 0.3 is 5.97 Å². The number of benzene rings is 2. The second-order valence-electron chi connectivity index (χ2n) is 11.1. The standard InChI is InChI=1S/C34H38N4O7/c1-23-9-13-27(14-10-23)43-32-17-16-28(15-12-26-7-5-4-6-8-26)44-33(32)22-42-34(40)18-11-24(2)36-45-25(3)29-19-38(37-35-29)30-20-41-21-31(30)39/h4-10,13-14,16-17,19,25,28,30-33,39H,11,18,20-22H2,1-3H3/b36-24+/t25-,28-,30-,31-,32+,33-/m1/s1. The van der Waals surface area contributed by atoms with E-state index in [0.717, 1.165) is 11.1 Å². The van der Waals surface area contributed by atoms with E-state index in [9.17, 15) is 9.90 Å². The molecule has 0 spiro atoms. The average molecular weight is 615 g/mol. The lowest BCUT2D eigenvalue weighted by Crippen LogP contribution is -2.42. The first-order chi connectivity index (χ1) is 21.8. The van der Waals surface area contributed by atoms with Crippen molar-refractivity contribution in [1.82, 2.24) is 15.0 Å². The Hall–Kier alpha value is -4.50. The van der Waals surface area contributed by atoms with Gasteiger partial charge in [0.15, 0.2) is 6.10 Å². The predicted molar refractivity (Wildman–Crippen MR) is 165 cm³/mol. The summed E-state index contributed by atoms with van der Waals surface area (Å²) in [4.78, 5) is 18.3. The van der Waals surface area contributed by atoms with Crippen LogP contribution in [0, 0.1) is 18.8 Å². The Morgan fingerprint density at radius 2 is 1.93 bits per heavy atom. The summed E-state index contributed by atoms with van der Waals surface area (Å²) in [6.45, 7) is 6.24. The van der Waals surface area contributed by atoms with Crippen molar-refractivity contribution >= 4 is 11.7 Å². The molecule has 1 saturated heterocycles. The summed E-state index contributed by atoms with van der Waals surface area (Å²) >= 11 is 0. The third-order valence-electron chi connectivity index (χ3n) is 7.36. The van der Waals surface area contributed by atoms with Crippen LogP contribution in [0.1, 0.15) is 55.7 Å². The number of aryl methyl sites for hydroxylation is 1. The zero-order chi connectivity index (χ0) is 31.6. The van der Waals surface area contributed by atoms with Crippen molar-refractivity contribution in [1.29, 1.82) is 0 Å². The number of nitrogens with zero attached hydrogens (tertiary/aromatic N) is 4. The highest BCUT2D eigenvalue weighted by molar-refractivity contribution is 5.85. The molecular formula is C34H38N4O7. The van der Waals surface area contributed by atoms with Gasteiger partial charge in [0.2, 0.25) is 0 Å². The number of aliphatic hydroxyl groups excluding tert-OH is 1. The largest absolute Gasteiger partial charge is 0.483 e. The molecule has 1 fully saturated rings. The number of ether oxygens (including phenoxy) is 4. The number of esters is 1. The van der Waals surface area contributed by atoms with E-state index in [2.05, 4.69) is 27.3 Å². The van der Waals surface area contributed by atoms with Crippen molar-refractivity contribution in [3.8, 4) is 17.6 Å². The van der Waals surface area contributed by atoms with Gasteiger partial charge < -0.3 is 28.9 Å². The summed E-state index contributed by atoms with van der Waals surface area (Å²) in [5.41, 5.74) is 3.21. The molecule has 2 aliphatic rings. The fraction of sp³-hybridized carbons (Fsp3) is 0.412. The third kappa shape index (κ3) is 9.25. The van der Waals surface area contributed by atoms with E-state index in [1.165, 1.54) is 0 Å². The topological polar surface area (TPSA) is 127 Å². The molecule has 1 N–H and O–H groups in total. The summed E-state index contributed by atoms with van der Waals surface area (Å²) in [6.07, 6.45) is 3.36. The maximum atomic E-state index is 12.7. The highest BCUT2D eigenvalue weighted by atomic mass is 16.6. The molecule has 1 aromatic heterocycles. The Bertz CT molecular complexity index is 1530. The van der Waals surface area contributed by atoms with Crippen LogP contribution >= 0.6 is 0 Å². The van der Waals surface area contributed by atoms with Crippen LogP contribution in [-0.2, 0) is 23.8 Å². The summed E-state index contributed by atoms with van der Waals surface area (Å²) in [5.74, 6) is 6.55. The van der Waals surface area contributed by atoms with Crippen molar-refractivity contribution in [3.63, 3.8) is 0 Å². The van der Waals surface area contributed by atoms with Gasteiger partial charge in [0, 0.05) is 5.56 Å². The maximum Gasteiger partial charge on any atom is 0.306 e. The Morgan fingerprint density at radius 3 is 2.69 bits per heavy atom. The number of carbonyl (C=O) groups is 1. The van der Waals surface area contributed by atoms with Gasteiger partial charge in [-0.2, -0.15) is 0 Å². The Balaban J connectivity index is 1.12. The Kier molecular flexibility index (Phi) is 11.0. The van der Waals surface area contributed by atoms with Crippen molar-refractivity contribution in [2.75, 3.05) is 19.8 Å². The lowest BCUT2D eigenvalue weighted by molar-refractivity contribution is -0.151. The molecule has 11 nitrogen and oxygen atoms in total. The molecule has 3 heterocycles. The van der Waals surface area contributed by atoms with Gasteiger partial charge in [-0.3, -0.25) is 4.79 Å². The van der Waals surface area contributed by atoms with Crippen LogP contribution in [0.4, 0.5) is 0 Å². The predicted octanol–water partition coefficient (Wildman–Crippen LogP) is 4.12. The Morgan fingerprint density at radius 1 is 1.13 bits per heavy atom. The lowest BCUT2D eigenvalue weighted by atomic mass is 10.1. The van der Waals surface area contributed by atoms with Gasteiger partial charge in [0.25, 0.3) is 0 Å². The molecule has 45 heavy (non-hydrogen) atoms. The molecule has 0 unspecified atom stereocenters. The van der Waals surface area contributed by atoms with Crippen LogP contribution in [0.15, 0.2) is 78.1 Å². The summed E-state index contributed by atoms with van der Waals surface area (Å²) in [6, 6.07) is 17.1. The maximum absolute atomic E-state index is 12.7. The first-order valence-corrected chi connectivity index (χ1v) is 15.0. The Labute approximate surface area is 262 Å². The van der Waals surface area contributed by atoms with Gasteiger partial charge in [-0.1, -0.05) is 58.1 Å². The molecule has 11 heteroatoms. The second-order valence-corrected chi connectivity index (χ2v) is 11.1. The van der Waals surface area contributed by atoms with Crippen molar-refractivity contribution in [2.24, 2.45) is 5.16 Å². The number of hydrogen-bond acceptors (Lipinski definition) is 10. The summed E-state index contributed by atoms with van der Waals surface area (Å²) < 4.78 is 24.9. The fourth-order valence-electron chi connectivity index (χ4n) is 4.65. The number of carbonyl (C=O) groups excluding carboxylic acids is 1. The quantitative estimate of drug-likeness (QED) is 0.112. The zero-order valence-electron chi connectivity index (χ0n) is 25.6. The highest BCUT2D eigenvalue weighted by Gasteiger charge is 2.31. The van der Waals surface area contributed by atoms with Gasteiger partial charge in [0.1, 0.15) is 48.5 Å². The van der Waals surface area contributed by atoms with E-state index < -0.39 is 36.5 Å². The molecular weight excluding hydrogens is 576 g/mol. The zero-order valence-corrected chi connectivity index (χ0v) is 25.6. The monoisotopic (exact) mass is 614 g/mol. The van der Waals surface area contributed by atoms with E-state index >= 15 is 0 Å². The molecule has 0 aliphatic carbocycles. The molecule has 0 radical (unpaired) electrons. The summed E-state index contributed by atoms with van der Waals surface area (Å²) in [7, 11) is 0. The summed E-state index contributed by atoms with van der Waals surface area (Å²) in [5, 5.41) is 22.4. The smallest absolute Gasteiger partial charge is 0.306 e. The number of rotatable bonds is 11. The minimum Gasteiger partial charge on any atom is -0.483 e. The van der Waals surface area contributed by atoms with Crippen LogP contribution in [0.25, 0.3) is 0 Å². The molecule has 5 rings (SSSR count). The molecule has 236 valence electrons. The number of aromatic nitrogens is 3. The van der Waals surface area contributed by atoms with Crippen LogP contribution in [0.3, 0.4) is 0 Å². The van der Waals surface area contributed by atoms with Crippen molar-refractivity contribution in [2.45, 2.75) is 70.2 Å². The van der Waals surface area contributed by atoms with Crippen LogP contribution in [0.2, 0.25) is 0 Å². The average Bonchev–Trinajstić information content (AvgIpc) is 3.72. The van der Waals surface area contributed by atoms with E-state index in [4.69, 9.17) is 23.8 Å². The molecule has 3 aromatic rings. The molecule has 0 saturated carbocycles. The van der Waals surface area contributed by atoms with Gasteiger partial charge in [-0.15, -0.1) is 5.10 Å². The number of hydrogen-bond donors (Lipinski definition) is 1. The highest BCUT2D eigenvalue weighted by Crippen LogP contribution is 2.23. The molecule has 2 aliphatic heterocycles. The number of oxime groups is 1.